The fourth-order valence-electron chi connectivity index (χ4n) is 4.32. The van der Waals surface area contributed by atoms with Crippen LogP contribution in [0.4, 0.5) is 0 Å². The molecule has 0 radical (unpaired) electrons. The highest BCUT2D eigenvalue weighted by molar-refractivity contribution is 14.0. The number of hydrogen-bond donors (Lipinski definition) is 1. The summed E-state index contributed by atoms with van der Waals surface area (Å²) in [6, 6.07) is 4.16. The molecule has 5 nitrogen and oxygen atoms in total. The molecule has 1 aromatic heterocycles. The predicted octanol–water partition coefficient (Wildman–Crippen LogP) is 2.58. The van der Waals surface area contributed by atoms with Crippen molar-refractivity contribution in [2.75, 3.05) is 19.6 Å². The quantitative estimate of drug-likeness (QED) is 0.444. The van der Waals surface area contributed by atoms with Crippen LogP contribution >= 0.6 is 24.0 Å². The van der Waals surface area contributed by atoms with Gasteiger partial charge in [0.2, 0.25) is 0 Å². The number of guanidine groups is 1. The zero-order chi connectivity index (χ0) is 15.8. The number of aromatic nitrogens is 1. The van der Waals surface area contributed by atoms with Crippen LogP contribution in [0.2, 0.25) is 0 Å². The van der Waals surface area contributed by atoms with Gasteiger partial charge in [-0.1, -0.05) is 6.07 Å². The van der Waals surface area contributed by atoms with Gasteiger partial charge in [0.05, 0.1) is 18.8 Å². The summed E-state index contributed by atoms with van der Waals surface area (Å²) in [5.74, 6) is 2.46. The second-order valence-electron chi connectivity index (χ2n) is 7.00. The molecule has 4 heterocycles. The minimum atomic E-state index is 0. The van der Waals surface area contributed by atoms with Crippen LogP contribution in [0.3, 0.4) is 0 Å². The highest BCUT2D eigenvalue weighted by atomic mass is 127. The third-order valence-electron chi connectivity index (χ3n) is 5.47. The van der Waals surface area contributed by atoms with E-state index in [1.165, 1.54) is 12.8 Å². The molecule has 3 saturated heterocycles. The first-order valence-electron chi connectivity index (χ1n) is 8.85. The lowest BCUT2D eigenvalue weighted by Gasteiger charge is -2.23. The molecule has 3 aliphatic rings. The number of pyridine rings is 1. The summed E-state index contributed by atoms with van der Waals surface area (Å²) in [4.78, 5) is 11.6. The van der Waals surface area contributed by atoms with Crippen LogP contribution in [-0.2, 0) is 11.3 Å². The molecule has 4 unspecified atom stereocenters. The highest BCUT2D eigenvalue weighted by Crippen LogP contribution is 2.47. The van der Waals surface area contributed by atoms with E-state index in [1.807, 2.05) is 19.2 Å². The van der Waals surface area contributed by atoms with Gasteiger partial charge in [-0.05, 0) is 38.3 Å². The maximum absolute atomic E-state index is 6.07. The smallest absolute Gasteiger partial charge is 0.194 e. The van der Waals surface area contributed by atoms with Crippen LogP contribution < -0.4 is 5.32 Å². The van der Waals surface area contributed by atoms with Crippen LogP contribution in [0, 0.1) is 18.8 Å². The zero-order valence-corrected chi connectivity index (χ0v) is 16.8. The number of nitrogens with zero attached hydrogens (tertiary/aromatic N) is 3. The van der Waals surface area contributed by atoms with E-state index < -0.39 is 0 Å². The van der Waals surface area contributed by atoms with Gasteiger partial charge in [-0.2, -0.15) is 0 Å². The van der Waals surface area contributed by atoms with Crippen molar-refractivity contribution in [3.63, 3.8) is 0 Å². The van der Waals surface area contributed by atoms with Crippen LogP contribution in [0.15, 0.2) is 23.3 Å². The third-order valence-corrected chi connectivity index (χ3v) is 5.47. The molecule has 3 fully saturated rings. The average molecular weight is 442 g/mol. The van der Waals surface area contributed by atoms with Crippen molar-refractivity contribution in [3.05, 3.63) is 29.6 Å². The number of aliphatic imine (C=N–C) groups is 1. The second kappa shape index (κ2) is 7.56. The van der Waals surface area contributed by atoms with Crippen LogP contribution in [0.5, 0.6) is 0 Å². The Morgan fingerprint density at radius 1 is 1.29 bits per heavy atom. The summed E-state index contributed by atoms with van der Waals surface area (Å²) in [7, 11) is 0. The van der Waals surface area contributed by atoms with E-state index in [0.717, 1.165) is 36.9 Å². The van der Waals surface area contributed by atoms with Gasteiger partial charge in [0.1, 0.15) is 0 Å². The first kappa shape index (κ1) is 17.9. The molecule has 0 amide bonds. The number of aryl methyl sites for hydroxylation is 1. The van der Waals surface area contributed by atoms with Gasteiger partial charge in [-0.25, -0.2) is 4.99 Å². The molecule has 2 bridgehead atoms. The molecule has 3 aliphatic heterocycles. The molecule has 0 aromatic carbocycles. The summed E-state index contributed by atoms with van der Waals surface area (Å²) in [6.45, 7) is 7.90. The number of hydrogen-bond acceptors (Lipinski definition) is 3. The second-order valence-corrected chi connectivity index (χ2v) is 7.00. The SMILES string of the molecule is CCNC(=NCc1ccc(C)nc1)N1CC2C3CCC(O3)C2C1.I. The number of nitrogens with one attached hydrogen (secondary N) is 1. The Kier molecular flexibility index (Phi) is 5.64. The van der Waals surface area contributed by atoms with Crippen molar-refractivity contribution in [2.24, 2.45) is 16.8 Å². The van der Waals surface area contributed by atoms with E-state index in [4.69, 9.17) is 9.73 Å². The molecule has 1 aromatic rings. The molecule has 132 valence electrons. The summed E-state index contributed by atoms with van der Waals surface area (Å²) < 4.78 is 6.07. The summed E-state index contributed by atoms with van der Waals surface area (Å²) >= 11 is 0. The van der Waals surface area contributed by atoms with Gasteiger partial charge >= 0.3 is 0 Å². The molecular weight excluding hydrogens is 415 g/mol. The lowest BCUT2D eigenvalue weighted by molar-refractivity contribution is 0.0767. The van der Waals surface area contributed by atoms with Gasteiger partial charge in [-0.3, -0.25) is 4.98 Å². The van der Waals surface area contributed by atoms with E-state index in [2.05, 4.69) is 28.2 Å². The van der Waals surface area contributed by atoms with Gasteiger partial charge in [0.25, 0.3) is 0 Å². The molecule has 4 rings (SSSR count). The summed E-state index contributed by atoms with van der Waals surface area (Å²) in [6.07, 6.45) is 5.43. The highest BCUT2D eigenvalue weighted by Gasteiger charge is 2.53. The first-order valence-corrected chi connectivity index (χ1v) is 8.85. The minimum absolute atomic E-state index is 0. The standard InChI is InChI=1S/C18H26N4O.HI/c1-3-19-18(21-9-13-5-4-12(2)20-8-13)22-10-14-15(11-22)17-7-6-16(14)23-17;/h4-5,8,14-17H,3,6-7,9-11H2,1-2H3,(H,19,21);1H. The maximum atomic E-state index is 6.07. The Bertz CT molecular complexity index is 573. The van der Waals surface area contributed by atoms with Crippen molar-refractivity contribution in [1.29, 1.82) is 0 Å². The predicted molar refractivity (Wildman–Crippen MR) is 106 cm³/mol. The number of ether oxygens (including phenoxy) is 1. The van der Waals surface area contributed by atoms with Crippen molar-refractivity contribution >= 4 is 29.9 Å². The fraction of sp³-hybridized carbons (Fsp3) is 0.667. The number of fused-ring (bicyclic) bond motifs is 5. The average Bonchev–Trinajstić information content (AvgIpc) is 3.25. The molecule has 0 aliphatic carbocycles. The monoisotopic (exact) mass is 442 g/mol. The van der Waals surface area contributed by atoms with E-state index in [9.17, 15) is 0 Å². The fourth-order valence-corrected chi connectivity index (χ4v) is 4.32. The third kappa shape index (κ3) is 3.40. The van der Waals surface area contributed by atoms with Gasteiger partial charge in [0.15, 0.2) is 5.96 Å². The van der Waals surface area contributed by atoms with Gasteiger partial charge in [0, 0.05) is 43.4 Å². The number of likely N-dealkylation sites (tertiary alicyclic amines) is 1. The lowest BCUT2D eigenvalue weighted by Crippen LogP contribution is -2.41. The molecule has 4 atom stereocenters. The van der Waals surface area contributed by atoms with E-state index in [-0.39, 0.29) is 24.0 Å². The molecule has 6 heteroatoms. The largest absolute Gasteiger partial charge is 0.374 e. The van der Waals surface area contributed by atoms with Crippen molar-refractivity contribution in [2.45, 2.75) is 45.4 Å². The van der Waals surface area contributed by atoms with Gasteiger partial charge in [-0.15, -0.1) is 24.0 Å². The Labute approximate surface area is 161 Å². The first-order chi connectivity index (χ1) is 11.2. The Morgan fingerprint density at radius 2 is 2.00 bits per heavy atom. The molecule has 24 heavy (non-hydrogen) atoms. The molecule has 0 saturated carbocycles. The Balaban J connectivity index is 0.00000169. The summed E-state index contributed by atoms with van der Waals surface area (Å²) in [5.41, 5.74) is 2.21. The normalized spacial score (nSPS) is 31.1. The molecule has 1 N–H and O–H groups in total. The lowest BCUT2D eigenvalue weighted by atomic mass is 9.82. The van der Waals surface area contributed by atoms with Crippen LogP contribution in [0.25, 0.3) is 0 Å². The maximum Gasteiger partial charge on any atom is 0.194 e. The van der Waals surface area contributed by atoms with E-state index in [0.29, 0.717) is 30.6 Å². The Morgan fingerprint density at radius 3 is 2.58 bits per heavy atom. The molecular formula is C18H27IN4O. The Hall–Kier alpha value is -0.890. The number of rotatable bonds is 3. The van der Waals surface area contributed by atoms with E-state index in [1.54, 1.807) is 0 Å². The zero-order valence-electron chi connectivity index (χ0n) is 14.4. The number of halogens is 1. The molecule has 0 spiro atoms. The van der Waals surface area contributed by atoms with Crippen molar-refractivity contribution in [3.8, 4) is 0 Å². The van der Waals surface area contributed by atoms with Crippen LogP contribution in [0.1, 0.15) is 31.0 Å². The van der Waals surface area contributed by atoms with Crippen molar-refractivity contribution in [1.82, 2.24) is 15.2 Å². The van der Waals surface area contributed by atoms with Gasteiger partial charge < -0.3 is 15.0 Å². The minimum Gasteiger partial charge on any atom is -0.374 e. The van der Waals surface area contributed by atoms with Crippen molar-refractivity contribution < 1.29 is 4.74 Å². The van der Waals surface area contributed by atoms with E-state index >= 15 is 0 Å². The van der Waals surface area contributed by atoms with Crippen LogP contribution in [-0.4, -0.2) is 47.7 Å². The summed E-state index contributed by atoms with van der Waals surface area (Å²) in [5, 5.41) is 3.46. The topological polar surface area (TPSA) is 49.8 Å².